The van der Waals surface area contributed by atoms with Crippen LogP contribution < -0.4 is 10.6 Å². The molecular formula is C18H28N2O. The zero-order chi connectivity index (χ0) is 15.2. The number of carbonyl (C=O) groups is 1. The Morgan fingerprint density at radius 3 is 2.71 bits per heavy atom. The van der Waals surface area contributed by atoms with E-state index in [9.17, 15) is 4.79 Å². The highest BCUT2D eigenvalue weighted by molar-refractivity contribution is 5.76. The molecule has 0 radical (unpaired) electrons. The highest BCUT2D eigenvalue weighted by Crippen LogP contribution is 2.38. The van der Waals surface area contributed by atoms with E-state index in [4.69, 9.17) is 0 Å². The van der Waals surface area contributed by atoms with Gasteiger partial charge in [0.15, 0.2) is 0 Å². The van der Waals surface area contributed by atoms with E-state index in [2.05, 4.69) is 48.7 Å². The van der Waals surface area contributed by atoms with Crippen molar-refractivity contribution in [3.63, 3.8) is 0 Å². The standard InChI is InChI=1S/C18H28N2O/c1-4-14(3)20-18(21)9-10-19-16-11-15(12-16)17-8-6-5-7-13(17)2/h5-8,14-16,19H,4,9-12H2,1-3H3,(H,20,21). The predicted molar refractivity (Wildman–Crippen MR) is 87.5 cm³/mol. The summed E-state index contributed by atoms with van der Waals surface area (Å²) in [5.41, 5.74) is 2.89. The van der Waals surface area contributed by atoms with Crippen molar-refractivity contribution in [2.45, 2.75) is 64.5 Å². The van der Waals surface area contributed by atoms with Gasteiger partial charge >= 0.3 is 0 Å². The molecule has 1 saturated carbocycles. The van der Waals surface area contributed by atoms with Crippen LogP contribution in [0.5, 0.6) is 0 Å². The fraction of sp³-hybridized carbons (Fsp3) is 0.611. The Balaban J connectivity index is 1.63. The lowest BCUT2D eigenvalue weighted by Crippen LogP contribution is -2.42. The molecule has 0 spiro atoms. The average molecular weight is 288 g/mol. The molecule has 21 heavy (non-hydrogen) atoms. The predicted octanol–water partition coefficient (Wildman–Crippen LogP) is 3.14. The summed E-state index contributed by atoms with van der Waals surface area (Å²) in [6, 6.07) is 9.52. The molecule has 1 unspecified atom stereocenters. The van der Waals surface area contributed by atoms with Gasteiger partial charge in [0.1, 0.15) is 0 Å². The summed E-state index contributed by atoms with van der Waals surface area (Å²) in [5, 5.41) is 6.50. The molecule has 0 saturated heterocycles. The summed E-state index contributed by atoms with van der Waals surface area (Å²) in [5.74, 6) is 0.851. The fourth-order valence-electron chi connectivity index (χ4n) is 2.92. The molecule has 0 aromatic heterocycles. The molecule has 1 aliphatic carbocycles. The number of amides is 1. The van der Waals surface area contributed by atoms with Crippen molar-refractivity contribution in [1.82, 2.24) is 10.6 Å². The van der Waals surface area contributed by atoms with Crippen LogP contribution in [0.1, 0.15) is 56.6 Å². The van der Waals surface area contributed by atoms with Crippen molar-refractivity contribution in [2.75, 3.05) is 6.54 Å². The molecule has 0 heterocycles. The minimum Gasteiger partial charge on any atom is -0.354 e. The van der Waals surface area contributed by atoms with Crippen LogP contribution in [0.4, 0.5) is 0 Å². The van der Waals surface area contributed by atoms with Gasteiger partial charge in [-0.3, -0.25) is 4.79 Å². The number of hydrogen-bond acceptors (Lipinski definition) is 2. The maximum absolute atomic E-state index is 11.7. The number of aryl methyl sites for hydroxylation is 1. The van der Waals surface area contributed by atoms with Crippen molar-refractivity contribution in [3.05, 3.63) is 35.4 Å². The van der Waals surface area contributed by atoms with Crippen molar-refractivity contribution in [3.8, 4) is 0 Å². The second-order valence-electron chi connectivity index (χ2n) is 6.30. The molecule has 1 aromatic carbocycles. The van der Waals surface area contributed by atoms with Crippen LogP contribution in [0.3, 0.4) is 0 Å². The quantitative estimate of drug-likeness (QED) is 0.809. The molecule has 116 valence electrons. The molecule has 1 amide bonds. The summed E-state index contributed by atoms with van der Waals surface area (Å²) in [4.78, 5) is 11.7. The maximum Gasteiger partial charge on any atom is 0.221 e. The Morgan fingerprint density at radius 2 is 2.05 bits per heavy atom. The van der Waals surface area contributed by atoms with Gasteiger partial charge in [0.05, 0.1) is 0 Å². The first-order valence-electron chi connectivity index (χ1n) is 8.18. The smallest absolute Gasteiger partial charge is 0.221 e. The molecule has 3 heteroatoms. The molecule has 3 nitrogen and oxygen atoms in total. The second kappa shape index (κ2) is 7.60. The van der Waals surface area contributed by atoms with Crippen LogP contribution in [0.15, 0.2) is 24.3 Å². The zero-order valence-electron chi connectivity index (χ0n) is 13.5. The lowest BCUT2D eigenvalue weighted by molar-refractivity contribution is -0.121. The zero-order valence-corrected chi connectivity index (χ0v) is 13.5. The minimum absolute atomic E-state index is 0.159. The van der Waals surface area contributed by atoms with E-state index in [1.54, 1.807) is 0 Å². The summed E-state index contributed by atoms with van der Waals surface area (Å²) in [6.45, 7) is 7.11. The summed E-state index contributed by atoms with van der Waals surface area (Å²) in [7, 11) is 0. The first kappa shape index (κ1) is 16.0. The second-order valence-corrected chi connectivity index (χ2v) is 6.30. The Bertz CT molecular complexity index is 466. The molecular weight excluding hydrogens is 260 g/mol. The maximum atomic E-state index is 11.7. The highest BCUT2D eigenvalue weighted by atomic mass is 16.1. The van der Waals surface area contributed by atoms with Gasteiger partial charge in [-0.05, 0) is 50.2 Å². The number of rotatable bonds is 7. The highest BCUT2D eigenvalue weighted by Gasteiger charge is 2.30. The van der Waals surface area contributed by atoms with Crippen molar-refractivity contribution >= 4 is 5.91 Å². The Morgan fingerprint density at radius 1 is 1.33 bits per heavy atom. The van der Waals surface area contributed by atoms with Gasteiger partial charge in [-0.15, -0.1) is 0 Å². The Kier molecular flexibility index (Phi) is 5.80. The molecule has 2 N–H and O–H groups in total. The average Bonchev–Trinajstić information content (AvgIpc) is 2.42. The number of benzene rings is 1. The summed E-state index contributed by atoms with van der Waals surface area (Å²) < 4.78 is 0. The van der Waals surface area contributed by atoms with Crippen molar-refractivity contribution in [2.24, 2.45) is 0 Å². The summed E-state index contributed by atoms with van der Waals surface area (Å²) >= 11 is 0. The summed E-state index contributed by atoms with van der Waals surface area (Å²) in [6.07, 6.45) is 3.95. The normalized spacial score (nSPS) is 22.4. The van der Waals surface area contributed by atoms with Gasteiger partial charge in [-0.2, -0.15) is 0 Å². The van der Waals surface area contributed by atoms with Gasteiger partial charge in [0.25, 0.3) is 0 Å². The van der Waals surface area contributed by atoms with Gasteiger partial charge < -0.3 is 10.6 Å². The molecule has 1 aromatic rings. The SMILES string of the molecule is CCC(C)NC(=O)CCNC1CC(c2ccccc2C)C1. The van der Waals surface area contributed by atoms with Crippen molar-refractivity contribution in [1.29, 1.82) is 0 Å². The third-order valence-electron chi connectivity index (χ3n) is 4.57. The largest absolute Gasteiger partial charge is 0.354 e. The van der Waals surface area contributed by atoms with Crippen LogP contribution in [-0.4, -0.2) is 24.5 Å². The van der Waals surface area contributed by atoms with Crippen LogP contribution in [0.25, 0.3) is 0 Å². The molecule has 0 bridgehead atoms. The van der Waals surface area contributed by atoms with E-state index in [1.807, 2.05) is 6.92 Å². The molecule has 0 aliphatic heterocycles. The Hall–Kier alpha value is -1.35. The van der Waals surface area contributed by atoms with Crippen LogP contribution >= 0.6 is 0 Å². The van der Waals surface area contributed by atoms with E-state index in [-0.39, 0.29) is 11.9 Å². The number of carbonyl (C=O) groups excluding carboxylic acids is 1. The van der Waals surface area contributed by atoms with E-state index in [1.165, 1.54) is 24.0 Å². The van der Waals surface area contributed by atoms with Gasteiger partial charge in [-0.25, -0.2) is 0 Å². The topological polar surface area (TPSA) is 41.1 Å². The minimum atomic E-state index is 0.159. The van der Waals surface area contributed by atoms with Crippen LogP contribution in [-0.2, 0) is 4.79 Å². The third-order valence-corrected chi connectivity index (χ3v) is 4.57. The molecule has 1 aliphatic rings. The van der Waals surface area contributed by atoms with Gasteiger partial charge in [0, 0.05) is 25.0 Å². The van der Waals surface area contributed by atoms with Gasteiger partial charge in [0.2, 0.25) is 5.91 Å². The van der Waals surface area contributed by atoms with E-state index < -0.39 is 0 Å². The van der Waals surface area contributed by atoms with Crippen LogP contribution in [0, 0.1) is 6.92 Å². The lowest BCUT2D eigenvalue weighted by atomic mass is 9.74. The number of nitrogens with one attached hydrogen (secondary N) is 2. The monoisotopic (exact) mass is 288 g/mol. The fourth-order valence-corrected chi connectivity index (χ4v) is 2.92. The number of hydrogen-bond donors (Lipinski definition) is 2. The van der Waals surface area contributed by atoms with Crippen molar-refractivity contribution < 1.29 is 4.79 Å². The van der Waals surface area contributed by atoms with E-state index >= 15 is 0 Å². The van der Waals surface area contributed by atoms with Crippen LogP contribution in [0.2, 0.25) is 0 Å². The lowest BCUT2D eigenvalue weighted by Gasteiger charge is -2.37. The first-order valence-corrected chi connectivity index (χ1v) is 8.18. The van der Waals surface area contributed by atoms with E-state index in [0.717, 1.165) is 13.0 Å². The third kappa shape index (κ3) is 4.57. The molecule has 2 rings (SSSR count). The molecule has 1 atom stereocenters. The van der Waals surface area contributed by atoms with E-state index in [0.29, 0.717) is 18.4 Å². The molecule has 1 fully saturated rings. The Labute approximate surface area is 128 Å². The first-order chi connectivity index (χ1) is 10.1. The van der Waals surface area contributed by atoms with Gasteiger partial charge in [-0.1, -0.05) is 31.2 Å².